The normalized spacial score (nSPS) is 21.4. The summed E-state index contributed by atoms with van der Waals surface area (Å²) >= 11 is 5.69. The minimum Gasteiger partial charge on any atom is -0.481 e. The summed E-state index contributed by atoms with van der Waals surface area (Å²) in [6.45, 7) is 1.99. The zero-order valence-electron chi connectivity index (χ0n) is 11.1. The number of hydrogen-bond donors (Lipinski definition) is 2. The van der Waals surface area contributed by atoms with Crippen LogP contribution in [0.25, 0.3) is 0 Å². The van der Waals surface area contributed by atoms with E-state index in [4.69, 9.17) is 16.7 Å². The molecule has 2 rings (SSSR count). The largest absolute Gasteiger partial charge is 0.481 e. The van der Waals surface area contributed by atoms with Gasteiger partial charge < -0.3 is 15.3 Å². The number of nitrogens with one attached hydrogen (secondary N) is 1. The lowest BCUT2D eigenvalue weighted by atomic mass is 9.99. The summed E-state index contributed by atoms with van der Waals surface area (Å²) < 4.78 is 26.5. The van der Waals surface area contributed by atoms with E-state index in [0.717, 1.165) is 6.07 Å². The first-order chi connectivity index (χ1) is 9.79. The fraction of sp³-hybridized carbons (Fsp3) is 0.385. The number of benzene rings is 1. The molecule has 2 atom stereocenters. The Bertz CT molecular complexity index is 574. The first-order valence-electron chi connectivity index (χ1n) is 6.23. The number of anilines is 1. The molecule has 1 aromatic carbocycles. The molecule has 0 saturated carbocycles. The number of hydrogen-bond acceptors (Lipinski definition) is 2. The van der Waals surface area contributed by atoms with Crippen molar-refractivity contribution in [3.05, 3.63) is 28.8 Å². The molecule has 5 nitrogen and oxygen atoms in total. The summed E-state index contributed by atoms with van der Waals surface area (Å²) in [5, 5.41) is 11.0. The van der Waals surface area contributed by atoms with E-state index in [0.29, 0.717) is 6.07 Å². The Labute approximate surface area is 124 Å². The number of carboxylic acid groups (broad SMARTS) is 1. The molecular weight excluding hydrogens is 306 g/mol. The third-order valence-corrected chi connectivity index (χ3v) is 3.75. The second-order valence-corrected chi connectivity index (χ2v) is 5.41. The fourth-order valence-electron chi connectivity index (χ4n) is 2.30. The van der Waals surface area contributed by atoms with Crippen LogP contribution in [0.3, 0.4) is 0 Å². The van der Waals surface area contributed by atoms with Crippen molar-refractivity contribution in [2.75, 3.05) is 18.4 Å². The van der Waals surface area contributed by atoms with Gasteiger partial charge in [0.25, 0.3) is 0 Å². The third-order valence-electron chi connectivity index (χ3n) is 3.46. The van der Waals surface area contributed by atoms with Crippen molar-refractivity contribution in [3.63, 3.8) is 0 Å². The number of rotatable bonds is 2. The van der Waals surface area contributed by atoms with Crippen LogP contribution < -0.4 is 5.32 Å². The van der Waals surface area contributed by atoms with Crippen LogP contribution >= 0.6 is 11.6 Å². The van der Waals surface area contributed by atoms with Crippen LogP contribution in [0.5, 0.6) is 0 Å². The SMILES string of the molecule is CC1CN(C(=O)Nc2c(F)cc(F)cc2Cl)CC1C(=O)O. The van der Waals surface area contributed by atoms with Crippen LogP contribution in [0.4, 0.5) is 19.3 Å². The first kappa shape index (κ1) is 15.5. The maximum atomic E-state index is 13.6. The maximum absolute atomic E-state index is 13.6. The number of halogens is 3. The second-order valence-electron chi connectivity index (χ2n) is 5.00. The van der Waals surface area contributed by atoms with Crippen molar-refractivity contribution in [1.29, 1.82) is 0 Å². The summed E-state index contributed by atoms with van der Waals surface area (Å²) in [5.41, 5.74) is -0.325. The lowest BCUT2D eigenvalue weighted by Crippen LogP contribution is -2.34. The van der Waals surface area contributed by atoms with Gasteiger partial charge in [0.15, 0.2) is 5.82 Å². The summed E-state index contributed by atoms with van der Waals surface area (Å²) in [4.78, 5) is 24.3. The molecule has 0 spiro atoms. The van der Waals surface area contributed by atoms with Gasteiger partial charge in [-0.05, 0) is 12.0 Å². The number of carbonyl (C=O) groups is 2. The van der Waals surface area contributed by atoms with Gasteiger partial charge in [0.2, 0.25) is 0 Å². The van der Waals surface area contributed by atoms with E-state index in [1.54, 1.807) is 6.92 Å². The van der Waals surface area contributed by atoms with Gasteiger partial charge in [0.05, 0.1) is 16.6 Å². The summed E-state index contributed by atoms with van der Waals surface area (Å²) in [7, 11) is 0. The maximum Gasteiger partial charge on any atom is 0.321 e. The fourth-order valence-corrected chi connectivity index (χ4v) is 2.54. The van der Waals surface area contributed by atoms with Crippen molar-refractivity contribution in [2.45, 2.75) is 6.92 Å². The van der Waals surface area contributed by atoms with Crippen LogP contribution in [0.1, 0.15) is 6.92 Å². The Morgan fingerprint density at radius 1 is 1.38 bits per heavy atom. The molecule has 0 aliphatic carbocycles. The van der Waals surface area contributed by atoms with Crippen LogP contribution in [0.15, 0.2) is 12.1 Å². The molecule has 8 heteroatoms. The van der Waals surface area contributed by atoms with E-state index < -0.39 is 29.6 Å². The monoisotopic (exact) mass is 318 g/mol. The Morgan fingerprint density at radius 3 is 2.57 bits per heavy atom. The van der Waals surface area contributed by atoms with Crippen LogP contribution in [-0.2, 0) is 4.79 Å². The highest BCUT2D eigenvalue weighted by atomic mass is 35.5. The number of urea groups is 1. The molecule has 2 amide bonds. The van der Waals surface area contributed by atoms with Gasteiger partial charge in [-0.25, -0.2) is 13.6 Å². The minimum atomic E-state index is -0.990. The molecule has 0 radical (unpaired) electrons. The Morgan fingerprint density at radius 2 is 2.05 bits per heavy atom. The molecule has 1 fully saturated rings. The predicted octanol–water partition coefficient (Wildman–Crippen LogP) is 2.80. The molecule has 2 N–H and O–H groups in total. The highest BCUT2D eigenvalue weighted by Crippen LogP contribution is 2.28. The van der Waals surface area contributed by atoms with Gasteiger partial charge in [-0.1, -0.05) is 18.5 Å². The molecule has 1 heterocycles. The number of amides is 2. The number of carbonyl (C=O) groups excluding carboxylic acids is 1. The quantitative estimate of drug-likeness (QED) is 0.881. The molecule has 1 saturated heterocycles. The molecular formula is C13H13ClF2N2O3. The Hall–Kier alpha value is -1.89. The lowest BCUT2D eigenvalue weighted by molar-refractivity contribution is -0.142. The highest BCUT2D eigenvalue weighted by molar-refractivity contribution is 6.33. The van der Waals surface area contributed by atoms with E-state index in [1.165, 1.54) is 4.90 Å². The van der Waals surface area contributed by atoms with Crippen molar-refractivity contribution in [2.24, 2.45) is 11.8 Å². The smallest absolute Gasteiger partial charge is 0.321 e. The molecule has 1 aliphatic heterocycles. The van der Waals surface area contributed by atoms with Gasteiger partial charge in [0.1, 0.15) is 5.82 Å². The van der Waals surface area contributed by atoms with Gasteiger partial charge in [0, 0.05) is 19.2 Å². The lowest BCUT2D eigenvalue weighted by Gasteiger charge is -2.17. The standard InChI is InChI=1S/C13H13ClF2N2O3/c1-6-4-18(5-8(6)12(19)20)13(21)17-11-9(14)2-7(15)3-10(11)16/h2-3,6,8H,4-5H2,1H3,(H,17,21)(H,19,20). The Kier molecular flexibility index (Phi) is 4.32. The van der Waals surface area contributed by atoms with Gasteiger partial charge in [-0.3, -0.25) is 4.79 Å². The van der Waals surface area contributed by atoms with E-state index >= 15 is 0 Å². The molecule has 0 bridgehead atoms. The van der Waals surface area contributed by atoms with Crippen LogP contribution in [0.2, 0.25) is 5.02 Å². The average Bonchev–Trinajstić information content (AvgIpc) is 2.75. The Balaban J connectivity index is 2.11. The van der Waals surface area contributed by atoms with Crippen molar-refractivity contribution in [3.8, 4) is 0 Å². The molecule has 114 valence electrons. The molecule has 21 heavy (non-hydrogen) atoms. The van der Waals surface area contributed by atoms with Gasteiger partial charge in [-0.2, -0.15) is 0 Å². The summed E-state index contributed by atoms with van der Waals surface area (Å²) in [6.07, 6.45) is 0. The summed E-state index contributed by atoms with van der Waals surface area (Å²) in [6, 6.07) is 0.819. The zero-order chi connectivity index (χ0) is 15.7. The number of likely N-dealkylation sites (tertiary alicyclic amines) is 1. The van der Waals surface area contributed by atoms with Crippen LogP contribution in [-0.4, -0.2) is 35.1 Å². The molecule has 0 aromatic heterocycles. The zero-order valence-corrected chi connectivity index (χ0v) is 11.8. The van der Waals surface area contributed by atoms with Crippen molar-refractivity contribution in [1.82, 2.24) is 4.90 Å². The average molecular weight is 319 g/mol. The van der Waals surface area contributed by atoms with Crippen molar-refractivity contribution >= 4 is 29.3 Å². The highest BCUT2D eigenvalue weighted by Gasteiger charge is 2.37. The number of aliphatic carboxylic acids is 1. The molecule has 1 aromatic rings. The number of carboxylic acids is 1. The van der Waals surface area contributed by atoms with Gasteiger partial charge in [-0.15, -0.1) is 0 Å². The predicted molar refractivity (Wildman–Crippen MR) is 72.2 cm³/mol. The van der Waals surface area contributed by atoms with E-state index in [9.17, 15) is 18.4 Å². The topological polar surface area (TPSA) is 69.6 Å². The van der Waals surface area contributed by atoms with E-state index in [2.05, 4.69) is 5.32 Å². The van der Waals surface area contributed by atoms with E-state index in [1.807, 2.05) is 0 Å². The third kappa shape index (κ3) is 3.24. The molecule has 2 unspecified atom stereocenters. The van der Waals surface area contributed by atoms with Crippen LogP contribution in [0, 0.1) is 23.5 Å². The second kappa shape index (κ2) is 5.85. The first-order valence-corrected chi connectivity index (χ1v) is 6.60. The van der Waals surface area contributed by atoms with Crippen molar-refractivity contribution < 1.29 is 23.5 Å². The minimum absolute atomic E-state index is 0.0305. The number of nitrogens with zero attached hydrogens (tertiary/aromatic N) is 1. The van der Waals surface area contributed by atoms with E-state index in [-0.39, 0.29) is 29.7 Å². The van der Waals surface area contributed by atoms with Gasteiger partial charge >= 0.3 is 12.0 Å². The summed E-state index contributed by atoms with van der Waals surface area (Å²) in [5.74, 6) is -3.69. The molecule has 1 aliphatic rings.